The molecule has 4 heteroatoms. The van der Waals surface area contributed by atoms with Crippen molar-refractivity contribution in [2.75, 3.05) is 32.8 Å². The highest BCUT2D eigenvalue weighted by molar-refractivity contribution is 5.81. The summed E-state index contributed by atoms with van der Waals surface area (Å²) in [4.78, 5) is 17.9. The zero-order valence-electron chi connectivity index (χ0n) is 15.1. The third kappa shape index (κ3) is 3.96. The molecule has 0 N–H and O–H groups in total. The van der Waals surface area contributed by atoms with E-state index in [-0.39, 0.29) is 0 Å². The molecule has 0 aromatic carbocycles. The fraction of sp³-hybridized carbons (Fsp3) is 0.950. The molecule has 0 spiro atoms. The van der Waals surface area contributed by atoms with Crippen molar-refractivity contribution in [3.63, 3.8) is 0 Å². The second kappa shape index (κ2) is 7.74. The molecular weight excluding hydrogens is 300 g/mol. The first kappa shape index (κ1) is 16.8. The maximum atomic E-state index is 13.0. The van der Waals surface area contributed by atoms with Crippen LogP contribution in [0, 0.1) is 11.8 Å². The third-order valence-electron chi connectivity index (χ3n) is 6.65. The van der Waals surface area contributed by atoms with Gasteiger partial charge in [0.1, 0.15) is 0 Å². The Morgan fingerprint density at radius 1 is 0.917 bits per heavy atom. The Hall–Kier alpha value is -0.610. The summed E-state index contributed by atoms with van der Waals surface area (Å²) in [5.74, 6) is 1.72. The molecule has 0 aromatic rings. The Morgan fingerprint density at radius 2 is 1.67 bits per heavy atom. The molecule has 4 fully saturated rings. The smallest absolute Gasteiger partial charge is 0.226 e. The number of hydrogen-bond donors (Lipinski definition) is 0. The van der Waals surface area contributed by atoms with Gasteiger partial charge in [0.25, 0.3) is 0 Å². The first-order valence-electron chi connectivity index (χ1n) is 10.4. The summed E-state index contributed by atoms with van der Waals surface area (Å²) in [6.07, 6.45) is 12.6. The first-order chi connectivity index (χ1) is 11.8. The second-order valence-electron chi connectivity index (χ2n) is 8.57. The van der Waals surface area contributed by atoms with Crippen molar-refractivity contribution in [1.82, 2.24) is 9.80 Å². The lowest BCUT2D eigenvalue weighted by Gasteiger charge is -2.39. The highest BCUT2D eigenvalue weighted by Gasteiger charge is 2.42. The monoisotopic (exact) mass is 334 g/mol. The van der Waals surface area contributed by atoms with Crippen LogP contribution < -0.4 is 0 Å². The molecule has 0 radical (unpaired) electrons. The fourth-order valence-corrected chi connectivity index (χ4v) is 5.10. The number of hydrogen-bond acceptors (Lipinski definition) is 3. The van der Waals surface area contributed by atoms with Gasteiger partial charge in [-0.25, -0.2) is 0 Å². The quantitative estimate of drug-likeness (QED) is 0.775. The van der Waals surface area contributed by atoms with Gasteiger partial charge < -0.3 is 14.5 Å². The predicted molar refractivity (Wildman–Crippen MR) is 94.8 cm³/mol. The lowest BCUT2D eigenvalue weighted by molar-refractivity contribution is -0.139. The Morgan fingerprint density at radius 3 is 2.38 bits per heavy atom. The average Bonchev–Trinajstić information content (AvgIpc) is 3.38. The topological polar surface area (TPSA) is 32.8 Å². The van der Waals surface area contributed by atoms with Crippen LogP contribution in [0.3, 0.4) is 0 Å². The highest BCUT2D eigenvalue weighted by atomic mass is 16.5. The lowest BCUT2D eigenvalue weighted by Crippen LogP contribution is -2.51. The molecule has 136 valence electrons. The normalized spacial score (nSPS) is 30.6. The molecule has 4 rings (SSSR count). The van der Waals surface area contributed by atoms with Gasteiger partial charge >= 0.3 is 0 Å². The van der Waals surface area contributed by atoms with E-state index < -0.39 is 0 Å². The van der Waals surface area contributed by atoms with E-state index in [4.69, 9.17) is 4.74 Å². The summed E-state index contributed by atoms with van der Waals surface area (Å²) in [7, 11) is 0. The van der Waals surface area contributed by atoms with Crippen LogP contribution in [0.2, 0.25) is 0 Å². The molecule has 2 aliphatic heterocycles. The molecule has 2 saturated carbocycles. The molecule has 0 aromatic heterocycles. The van der Waals surface area contributed by atoms with Gasteiger partial charge in [-0.15, -0.1) is 0 Å². The van der Waals surface area contributed by atoms with Crippen molar-refractivity contribution < 1.29 is 9.53 Å². The van der Waals surface area contributed by atoms with Crippen LogP contribution in [0.5, 0.6) is 0 Å². The van der Waals surface area contributed by atoms with Crippen molar-refractivity contribution in [2.24, 2.45) is 11.8 Å². The van der Waals surface area contributed by atoms with Crippen molar-refractivity contribution in [3.05, 3.63) is 0 Å². The zero-order chi connectivity index (χ0) is 16.4. The van der Waals surface area contributed by atoms with Crippen LogP contribution in [-0.4, -0.2) is 60.6 Å². The maximum absolute atomic E-state index is 13.0. The van der Waals surface area contributed by atoms with Gasteiger partial charge in [-0.2, -0.15) is 0 Å². The molecule has 4 aliphatic rings. The standard InChI is InChI=1S/C20H34N2O2/c23-20(17-6-7-17)22(18-9-12-24-13-10-18)19-8-11-21(15-19)14-16-4-2-1-3-5-16/h16-19H,1-15H2. The lowest BCUT2D eigenvalue weighted by atomic mass is 9.89. The second-order valence-corrected chi connectivity index (χ2v) is 8.57. The number of carbonyl (C=O) groups excluding carboxylic acids is 1. The van der Waals surface area contributed by atoms with Gasteiger partial charge in [0.15, 0.2) is 0 Å². The van der Waals surface area contributed by atoms with Crippen LogP contribution in [0.4, 0.5) is 0 Å². The summed E-state index contributed by atoms with van der Waals surface area (Å²) in [6.45, 7) is 5.25. The van der Waals surface area contributed by atoms with Crippen molar-refractivity contribution >= 4 is 5.91 Å². The number of amides is 1. The molecule has 24 heavy (non-hydrogen) atoms. The number of nitrogens with zero attached hydrogens (tertiary/aromatic N) is 2. The van der Waals surface area contributed by atoms with Crippen molar-refractivity contribution in [2.45, 2.75) is 76.3 Å². The molecule has 1 amide bonds. The summed E-state index contributed by atoms with van der Waals surface area (Å²) in [6, 6.07) is 0.899. The maximum Gasteiger partial charge on any atom is 0.226 e. The molecular formula is C20H34N2O2. The summed E-state index contributed by atoms with van der Waals surface area (Å²) >= 11 is 0. The van der Waals surface area contributed by atoms with E-state index in [9.17, 15) is 4.79 Å². The SMILES string of the molecule is O=C(C1CC1)N(C1CCOCC1)C1CCN(CC2CCCCC2)C1. The first-order valence-corrected chi connectivity index (χ1v) is 10.4. The Kier molecular flexibility index (Phi) is 5.43. The number of rotatable bonds is 5. The number of likely N-dealkylation sites (tertiary alicyclic amines) is 1. The highest BCUT2D eigenvalue weighted by Crippen LogP contribution is 2.35. The molecule has 1 atom stereocenters. The molecule has 2 aliphatic carbocycles. The van der Waals surface area contributed by atoms with Crippen molar-refractivity contribution in [3.8, 4) is 0 Å². The van der Waals surface area contributed by atoms with Gasteiger partial charge in [-0.3, -0.25) is 4.79 Å². The van der Waals surface area contributed by atoms with Gasteiger partial charge in [0.2, 0.25) is 5.91 Å². The van der Waals surface area contributed by atoms with E-state index in [2.05, 4.69) is 9.80 Å². The van der Waals surface area contributed by atoms with Crippen molar-refractivity contribution in [1.29, 1.82) is 0 Å². The van der Waals surface area contributed by atoms with Crippen LogP contribution >= 0.6 is 0 Å². The largest absolute Gasteiger partial charge is 0.381 e. The predicted octanol–water partition coefficient (Wildman–Crippen LogP) is 3.06. The van der Waals surface area contributed by atoms with Gasteiger partial charge in [0.05, 0.1) is 0 Å². The minimum Gasteiger partial charge on any atom is -0.381 e. The van der Waals surface area contributed by atoms with E-state index in [0.29, 0.717) is 23.9 Å². The van der Waals surface area contributed by atoms with Crippen LogP contribution in [0.1, 0.15) is 64.2 Å². The van der Waals surface area contributed by atoms with E-state index >= 15 is 0 Å². The number of carbonyl (C=O) groups is 1. The van der Waals surface area contributed by atoms with Crippen LogP contribution in [0.25, 0.3) is 0 Å². The van der Waals surface area contributed by atoms with E-state index in [0.717, 1.165) is 51.4 Å². The van der Waals surface area contributed by atoms with Gasteiger partial charge in [-0.05, 0) is 50.9 Å². The fourth-order valence-electron chi connectivity index (χ4n) is 5.10. The van der Waals surface area contributed by atoms with Gasteiger partial charge in [0, 0.05) is 50.8 Å². The molecule has 2 saturated heterocycles. The van der Waals surface area contributed by atoms with E-state index in [1.165, 1.54) is 51.6 Å². The average molecular weight is 335 g/mol. The van der Waals surface area contributed by atoms with Crippen LogP contribution in [-0.2, 0) is 9.53 Å². The summed E-state index contributed by atoms with van der Waals surface area (Å²) in [5.41, 5.74) is 0. The van der Waals surface area contributed by atoms with Gasteiger partial charge in [-0.1, -0.05) is 19.3 Å². The molecule has 1 unspecified atom stereocenters. The minimum absolute atomic E-state index is 0.347. The van der Waals surface area contributed by atoms with E-state index in [1.807, 2.05) is 0 Å². The number of ether oxygens (including phenoxy) is 1. The van der Waals surface area contributed by atoms with E-state index in [1.54, 1.807) is 0 Å². The molecule has 4 nitrogen and oxygen atoms in total. The Balaban J connectivity index is 1.36. The Labute approximate surface area is 146 Å². The van der Waals surface area contributed by atoms with Crippen LogP contribution in [0.15, 0.2) is 0 Å². The zero-order valence-corrected chi connectivity index (χ0v) is 15.1. The third-order valence-corrected chi connectivity index (χ3v) is 6.65. The minimum atomic E-state index is 0.347. The Bertz CT molecular complexity index is 425. The summed E-state index contributed by atoms with van der Waals surface area (Å²) in [5, 5.41) is 0. The molecule has 2 heterocycles. The molecule has 0 bridgehead atoms. The summed E-state index contributed by atoms with van der Waals surface area (Å²) < 4.78 is 5.54.